The molecule has 0 aliphatic carbocycles. The van der Waals surface area contributed by atoms with Gasteiger partial charge in [-0.2, -0.15) is 0 Å². The van der Waals surface area contributed by atoms with Crippen LogP contribution in [0.5, 0.6) is 5.75 Å². The van der Waals surface area contributed by atoms with Gasteiger partial charge < -0.3 is 10.5 Å². The minimum absolute atomic E-state index is 0.0975. The SMILES string of the molecule is Cc1ccc(OC2CCS(=O)(=O)C2)c(N)c1. The van der Waals surface area contributed by atoms with Crippen LogP contribution in [-0.4, -0.2) is 26.0 Å². The fourth-order valence-corrected chi connectivity index (χ4v) is 3.40. The molecule has 0 bridgehead atoms. The van der Waals surface area contributed by atoms with Crippen molar-refractivity contribution in [2.75, 3.05) is 17.2 Å². The standard InChI is InChI=1S/C11H15NO3S/c1-8-2-3-11(10(12)6-8)15-9-4-5-16(13,14)7-9/h2-3,6,9H,4-5,7,12H2,1H3. The lowest BCUT2D eigenvalue weighted by Gasteiger charge is -2.14. The zero-order chi connectivity index (χ0) is 11.8. The number of rotatable bonds is 2. The molecule has 1 unspecified atom stereocenters. The predicted octanol–water partition coefficient (Wildman–Crippen LogP) is 1.14. The van der Waals surface area contributed by atoms with Crippen LogP contribution in [0.3, 0.4) is 0 Å². The molecule has 0 amide bonds. The molecule has 4 nitrogen and oxygen atoms in total. The van der Waals surface area contributed by atoms with Gasteiger partial charge in [-0.3, -0.25) is 0 Å². The van der Waals surface area contributed by atoms with E-state index >= 15 is 0 Å². The van der Waals surface area contributed by atoms with Gasteiger partial charge in [-0.15, -0.1) is 0 Å². The van der Waals surface area contributed by atoms with E-state index in [0.29, 0.717) is 17.9 Å². The van der Waals surface area contributed by atoms with Crippen molar-refractivity contribution in [2.24, 2.45) is 0 Å². The molecule has 0 radical (unpaired) electrons. The second-order valence-electron chi connectivity index (χ2n) is 4.18. The number of hydrogen-bond acceptors (Lipinski definition) is 4. The lowest BCUT2D eigenvalue weighted by molar-refractivity contribution is 0.230. The molecule has 1 aromatic rings. The van der Waals surface area contributed by atoms with Gasteiger partial charge in [0.15, 0.2) is 9.84 Å². The summed E-state index contributed by atoms with van der Waals surface area (Å²) in [5.41, 5.74) is 7.41. The van der Waals surface area contributed by atoms with Crippen molar-refractivity contribution in [1.82, 2.24) is 0 Å². The van der Waals surface area contributed by atoms with Crippen LogP contribution in [0, 0.1) is 6.92 Å². The van der Waals surface area contributed by atoms with Gasteiger partial charge in [-0.1, -0.05) is 6.07 Å². The number of aryl methyl sites for hydroxylation is 1. The van der Waals surface area contributed by atoms with Gasteiger partial charge in [0.25, 0.3) is 0 Å². The Morgan fingerprint density at radius 1 is 1.44 bits per heavy atom. The normalized spacial score (nSPS) is 23.2. The summed E-state index contributed by atoms with van der Waals surface area (Å²) in [7, 11) is -2.90. The summed E-state index contributed by atoms with van der Waals surface area (Å²) in [5.74, 6) is 0.886. The average Bonchev–Trinajstić information content (AvgIpc) is 2.51. The quantitative estimate of drug-likeness (QED) is 0.788. The van der Waals surface area contributed by atoms with Crippen molar-refractivity contribution in [3.8, 4) is 5.75 Å². The Hall–Kier alpha value is -1.23. The van der Waals surface area contributed by atoms with Crippen LogP contribution < -0.4 is 10.5 Å². The minimum Gasteiger partial charge on any atom is -0.487 e. The molecule has 1 aromatic carbocycles. The van der Waals surface area contributed by atoms with Gasteiger partial charge in [0.1, 0.15) is 11.9 Å². The number of nitrogens with two attached hydrogens (primary N) is 1. The predicted molar refractivity (Wildman–Crippen MR) is 63.3 cm³/mol. The second-order valence-corrected chi connectivity index (χ2v) is 6.41. The third-order valence-corrected chi connectivity index (χ3v) is 4.39. The molecular formula is C11H15NO3S. The summed E-state index contributed by atoms with van der Waals surface area (Å²) in [6, 6.07) is 5.50. The van der Waals surface area contributed by atoms with E-state index in [4.69, 9.17) is 10.5 Å². The molecule has 0 aromatic heterocycles. The minimum atomic E-state index is -2.90. The van der Waals surface area contributed by atoms with Crippen molar-refractivity contribution in [2.45, 2.75) is 19.4 Å². The average molecular weight is 241 g/mol. The summed E-state index contributed by atoms with van der Waals surface area (Å²) in [6.45, 7) is 1.94. The van der Waals surface area contributed by atoms with Gasteiger partial charge in [-0.25, -0.2) is 8.42 Å². The second kappa shape index (κ2) is 3.97. The fraction of sp³-hybridized carbons (Fsp3) is 0.455. The number of benzene rings is 1. The highest BCUT2D eigenvalue weighted by Crippen LogP contribution is 2.26. The molecule has 1 atom stereocenters. The molecule has 16 heavy (non-hydrogen) atoms. The maximum atomic E-state index is 11.3. The molecule has 5 heteroatoms. The van der Waals surface area contributed by atoms with Gasteiger partial charge in [0, 0.05) is 0 Å². The van der Waals surface area contributed by atoms with Crippen molar-refractivity contribution >= 4 is 15.5 Å². The molecule has 1 saturated heterocycles. The van der Waals surface area contributed by atoms with Gasteiger partial charge in [-0.05, 0) is 31.0 Å². The Kier molecular flexibility index (Phi) is 2.80. The molecule has 1 fully saturated rings. The molecule has 1 aliphatic heterocycles. The summed E-state index contributed by atoms with van der Waals surface area (Å²) in [6.07, 6.45) is 0.297. The van der Waals surface area contributed by atoms with E-state index in [1.54, 1.807) is 6.07 Å². The van der Waals surface area contributed by atoms with Crippen LogP contribution in [0.25, 0.3) is 0 Å². The summed E-state index contributed by atoms with van der Waals surface area (Å²) < 4.78 is 28.1. The molecule has 1 heterocycles. The molecule has 88 valence electrons. The van der Waals surface area contributed by atoms with Crippen molar-refractivity contribution in [3.05, 3.63) is 23.8 Å². The first-order valence-electron chi connectivity index (χ1n) is 5.19. The first-order valence-corrected chi connectivity index (χ1v) is 7.02. The van der Waals surface area contributed by atoms with Crippen molar-refractivity contribution in [1.29, 1.82) is 0 Å². The summed E-state index contributed by atoms with van der Waals surface area (Å²) in [4.78, 5) is 0. The highest BCUT2D eigenvalue weighted by atomic mass is 32.2. The van der Waals surface area contributed by atoms with Gasteiger partial charge in [0.05, 0.1) is 17.2 Å². The highest BCUT2D eigenvalue weighted by molar-refractivity contribution is 7.91. The molecule has 2 rings (SSSR count). The Morgan fingerprint density at radius 3 is 2.75 bits per heavy atom. The summed E-state index contributed by atoms with van der Waals surface area (Å²) in [5, 5.41) is 0. The lowest BCUT2D eigenvalue weighted by atomic mass is 10.2. The van der Waals surface area contributed by atoms with Crippen LogP contribution in [0.4, 0.5) is 5.69 Å². The maximum absolute atomic E-state index is 11.3. The van der Waals surface area contributed by atoms with E-state index < -0.39 is 9.84 Å². The topological polar surface area (TPSA) is 69.4 Å². The van der Waals surface area contributed by atoms with E-state index in [-0.39, 0.29) is 17.6 Å². The van der Waals surface area contributed by atoms with E-state index in [1.807, 2.05) is 19.1 Å². The third-order valence-electron chi connectivity index (χ3n) is 2.65. The number of sulfone groups is 1. The van der Waals surface area contributed by atoms with E-state index in [1.165, 1.54) is 0 Å². The monoisotopic (exact) mass is 241 g/mol. The van der Waals surface area contributed by atoms with Crippen molar-refractivity contribution < 1.29 is 13.2 Å². The van der Waals surface area contributed by atoms with Crippen LogP contribution in [0.2, 0.25) is 0 Å². The van der Waals surface area contributed by atoms with E-state index in [9.17, 15) is 8.42 Å². The van der Waals surface area contributed by atoms with Gasteiger partial charge in [0.2, 0.25) is 0 Å². The Balaban J connectivity index is 2.11. The third kappa shape index (κ3) is 2.47. The molecule has 0 spiro atoms. The van der Waals surface area contributed by atoms with E-state index in [2.05, 4.69) is 0 Å². The highest BCUT2D eigenvalue weighted by Gasteiger charge is 2.29. The number of anilines is 1. The van der Waals surface area contributed by atoms with Crippen molar-refractivity contribution in [3.63, 3.8) is 0 Å². The Bertz CT molecular complexity index is 496. The molecule has 2 N–H and O–H groups in total. The fourth-order valence-electron chi connectivity index (χ4n) is 1.81. The number of nitrogen functional groups attached to an aromatic ring is 1. The maximum Gasteiger partial charge on any atom is 0.154 e. The largest absolute Gasteiger partial charge is 0.487 e. The smallest absolute Gasteiger partial charge is 0.154 e. The van der Waals surface area contributed by atoms with Crippen LogP contribution in [-0.2, 0) is 9.84 Å². The number of ether oxygens (including phenoxy) is 1. The first-order chi connectivity index (χ1) is 7.46. The Morgan fingerprint density at radius 2 is 2.19 bits per heavy atom. The van der Waals surface area contributed by atoms with Crippen LogP contribution in [0.1, 0.15) is 12.0 Å². The van der Waals surface area contributed by atoms with E-state index in [0.717, 1.165) is 5.56 Å². The molecule has 0 saturated carbocycles. The molecule has 1 aliphatic rings. The van der Waals surface area contributed by atoms with Crippen LogP contribution in [0.15, 0.2) is 18.2 Å². The first kappa shape index (κ1) is 11.3. The zero-order valence-electron chi connectivity index (χ0n) is 9.14. The zero-order valence-corrected chi connectivity index (χ0v) is 9.96. The summed E-state index contributed by atoms with van der Waals surface area (Å²) >= 11 is 0. The number of hydrogen-bond donors (Lipinski definition) is 1. The lowest BCUT2D eigenvalue weighted by Crippen LogP contribution is -2.18. The van der Waals surface area contributed by atoms with Crippen LogP contribution >= 0.6 is 0 Å². The van der Waals surface area contributed by atoms with Gasteiger partial charge >= 0.3 is 0 Å². The Labute approximate surface area is 95.3 Å². The molecular weight excluding hydrogens is 226 g/mol.